The number of nitrogens with one attached hydrogen (secondary N) is 2. The lowest BCUT2D eigenvalue weighted by molar-refractivity contribution is -0.137. The Morgan fingerprint density at radius 2 is 1.68 bits per heavy atom. The van der Waals surface area contributed by atoms with Gasteiger partial charge < -0.3 is 38.8 Å². The van der Waals surface area contributed by atoms with Crippen molar-refractivity contribution in [2.75, 3.05) is 65.4 Å². The van der Waals surface area contributed by atoms with Crippen molar-refractivity contribution in [3.05, 3.63) is 64.8 Å². The Morgan fingerprint density at radius 1 is 0.977 bits per heavy atom. The lowest BCUT2D eigenvalue weighted by Gasteiger charge is -2.20. The summed E-state index contributed by atoms with van der Waals surface area (Å²) in [6, 6.07) is 9.69. The number of nitrogens with zero attached hydrogens (tertiary/aromatic N) is 3. The highest BCUT2D eigenvalue weighted by Gasteiger charge is 2.36. The summed E-state index contributed by atoms with van der Waals surface area (Å²) in [7, 11) is 2.32. The number of alkyl halides is 3. The number of ether oxygens (including phenoxy) is 3. The summed E-state index contributed by atoms with van der Waals surface area (Å²) in [4.78, 5) is 22.1. The van der Waals surface area contributed by atoms with Crippen LogP contribution in [-0.4, -0.2) is 75.6 Å². The van der Waals surface area contributed by atoms with E-state index in [1.165, 1.54) is 38.4 Å². The van der Waals surface area contributed by atoms with E-state index in [0.717, 1.165) is 5.56 Å². The summed E-state index contributed by atoms with van der Waals surface area (Å²) in [5.74, 6) is -0.780. The highest BCUT2D eigenvalue weighted by atomic mass is 31.2. The molecule has 0 radical (unpaired) electrons. The van der Waals surface area contributed by atoms with Crippen molar-refractivity contribution in [2.45, 2.75) is 18.9 Å². The average Bonchev–Trinajstić information content (AvgIpc) is 3.27. The maximum atomic E-state index is 14.0. The molecule has 0 saturated heterocycles. The number of halogens is 3. The Kier molecular flexibility index (Phi) is 10.8. The van der Waals surface area contributed by atoms with Crippen LogP contribution < -0.4 is 15.4 Å². The van der Waals surface area contributed by atoms with E-state index in [2.05, 4.69) is 20.6 Å². The number of anilines is 4. The normalized spacial score (nSPS) is 13.2. The molecule has 0 aliphatic carbocycles. The third-order valence-electron chi connectivity index (χ3n) is 6.51. The lowest BCUT2D eigenvalue weighted by Crippen LogP contribution is -2.18. The van der Waals surface area contributed by atoms with Crippen molar-refractivity contribution < 1.29 is 45.8 Å². The molecule has 1 amide bonds. The minimum Gasteiger partial charge on any atom is -0.495 e. The Morgan fingerprint density at radius 3 is 2.32 bits per heavy atom. The van der Waals surface area contributed by atoms with Gasteiger partial charge in [-0.25, -0.2) is 4.98 Å². The van der Waals surface area contributed by atoms with Crippen molar-refractivity contribution >= 4 is 36.6 Å². The zero-order chi connectivity index (χ0) is 31.9. The van der Waals surface area contributed by atoms with Crippen molar-refractivity contribution in [3.63, 3.8) is 0 Å². The molecule has 238 valence electrons. The van der Waals surface area contributed by atoms with Crippen LogP contribution in [0.3, 0.4) is 0 Å². The third kappa shape index (κ3) is 8.04. The Hall–Kier alpha value is -3.75. The van der Waals surface area contributed by atoms with E-state index in [1.807, 2.05) is 0 Å². The van der Waals surface area contributed by atoms with E-state index in [4.69, 9.17) is 23.3 Å². The predicted octanol–water partition coefficient (Wildman–Crippen LogP) is 5.60. The van der Waals surface area contributed by atoms with E-state index in [9.17, 15) is 22.5 Å². The van der Waals surface area contributed by atoms with Gasteiger partial charge in [0.1, 0.15) is 17.1 Å². The average molecular weight is 640 g/mol. The summed E-state index contributed by atoms with van der Waals surface area (Å²) < 4.78 is 81.6. The largest absolute Gasteiger partial charge is 0.495 e. The molecule has 0 saturated carbocycles. The van der Waals surface area contributed by atoms with Gasteiger partial charge in [-0.2, -0.15) is 18.2 Å². The van der Waals surface area contributed by atoms with Crippen molar-refractivity contribution in [2.24, 2.45) is 0 Å². The van der Waals surface area contributed by atoms with Gasteiger partial charge in [-0.3, -0.25) is 9.36 Å². The standard InChI is InChI=1S/C28H33F3N5O7P/c1-36-16-19-6-5-7-22(24(19)26(36)37)34-27-32-15-20(28(29,30)31)25(35-27)33-21-9-8-18(14-23(21)41-4)17-44(38,42-12-10-39-2)43-13-11-40-3/h5-9,14-15H,10-13,16-17H2,1-4H3,(H2,32,33,34,35). The molecule has 1 aromatic heterocycles. The molecule has 3 aromatic rings. The van der Waals surface area contributed by atoms with Crippen LogP contribution in [-0.2, 0) is 42.0 Å². The number of hydrogen-bond donors (Lipinski definition) is 2. The fourth-order valence-corrected chi connectivity index (χ4v) is 6.01. The van der Waals surface area contributed by atoms with E-state index in [1.54, 1.807) is 31.3 Å². The SMILES string of the molecule is COCCOP(=O)(Cc1ccc(Nc2nc(Nc3cccc4c3C(=O)N(C)C4)ncc2C(F)(F)F)c(OC)c1)OCCOC. The Labute approximate surface area is 252 Å². The second-order valence-corrected chi connectivity index (χ2v) is 11.7. The number of carbonyl (C=O) groups excluding carboxylic acids is 1. The van der Waals surface area contributed by atoms with Gasteiger partial charge >= 0.3 is 13.8 Å². The molecular weight excluding hydrogens is 606 g/mol. The van der Waals surface area contributed by atoms with Crippen LogP contribution in [0, 0.1) is 0 Å². The first-order valence-electron chi connectivity index (χ1n) is 13.4. The first-order valence-corrected chi connectivity index (χ1v) is 15.1. The molecule has 2 aromatic carbocycles. The topological polar surface area (TPSA) is 133 Å². The van der Waals surface area contributed by atoms with Crippen molar-refractivity contribution in [1.82, 2.24) is 14.9 Å². The Bertz CT molecular complexity index is 1510. The van der Waals surface area contributed by atoms with E-state index < -0.39 is 25.2 Å². The zero-order valence-corrected chi connectivity index (χ0v) is 25.5. The molecule has 0 spiro atoms. The number of methoxy groups -OCH3 is 3. The number of fused-ring (bicyclic) bond motifs is 1. The smallest absolute Gasteiger partial charge is 0.421 e. The van der Waals surface area contributed by atoms with E-state index >= 15 is 0 Å². The quantitative estimate of drug-likeness (QED) is 0.159. The zero-order valence-electron chi connectivity index (χ0n) is 24.6. The van der Waals surface area contributed by atoms with Gasteiger partial charge in [-0.05, 0) is 29.3 Å². The molecule has 12 nitrogen and oxygen atoms in total. The summed E-state index contributed by atoms with van der Waals surface area (Å²) in [6.07, 6.45) is -4.27. The van der Waals surface area contributed by atoms with Crippen molar-refractivity contribution in [3.8, 4) is 5.75 Å². The maximum absolute atomic E-state index is 14.0. The van der Waals surface area contributed by atoms with E-state index in [-0.39, 0.29) is 55.9 Å². The van der Waals surface area contributed by atoms with Gasteiger partial charge in [-0.15, -0.1) is 0 Å². The molecule has 0 bridgehead atoms. The molecule has 0 fully saturated rings. The minimum atomic E-state index is -4.79. The number of rotatable bonds is 15. The monoisotopic (exact) mass is 639 g/mol. The number of amides is 1. The van der Waals surface area contributed by atoms with Crippen LogP contribution in [0.5, 0.6) is 5.75 Å². The summed E-state index contributed by atoms with van der Waals surface area (Å²) in [5, 5.41) is 5.57. The molecule has 0 atom stereocenters. The molecule has 1 aliphatic rings. The van der Waals surface area contributed by atoms with Gasteiger partial charge in [0.05, 0.1) is 56.6 Å². The van der Waals surface area contributed by atoms with Crippen LogP contribution in [0.15, 0.2) is 42.6 Å². The third-order valence-corrected chi connectivity index (χ3v) is 8.41. The Balaban J connectivity index is 1.61. The highest BCUT2D eigenvalue weighted by Crippen LogP contribution is 2.52. The van der Waals surface area contributed by atoms with Gasteiger partial charge in [0.2, 0.25) is 5.95 Å². The molecule has 0 unspecified atom stereocenters. The summed E-state index contributed by atoms with van der Waals surface area (Å²) in [5.41, 5.74) is 1.06. The minimum absolute atomic E-state index is 0.0263. The maximum Gasteiger partial charge on any atom is 0.421 e. The fraction of sp³-hybridized carbons (Fsp3) is 0.393. The lowest BCUT2D eigenvalue weighted by atomic mass is 10.1. The molecule has 1 aliphatic heterocycles. The van der Waals surface area contributed by atoms with Gasteiger partial charge in [0.25, 0.3) is 5.91 Å². The molecule has 44 heavy (non-hydrogen) atoms. The van der Waals surface area contributed by atoms with Crippen LogP contribution >= 0.6 is 7.60 Å². The predicted molar refractivity (Wildman–Crippen MR) is 156 cm³/mol. The van der Waals surface area contributed by atoms with Gasteiger partial charge in [0.15, 0.2) is 0 Å². The first-order chi connectivity index (χ1) is 21.0. The fourth-order valence-electron chi connectivity index (χ4n) is 4.41. The summed E-state index contributed by atoms with van der Waals surface area (Å²) >= 11 is 0. The first kappa shape index (κ1) is 33.1. The second kappa shape index (κ2) is 14.4. The van der Waals surface area contributed by atoms with Crippen LogP contribution in [0.25, 0.3) is 0 Å². The number of aromatic nitrogens is 2. The highest BCUT2D eigenvalue weighted by molar-refractivity contribution is 7.53. The molecule has 16 heteroatoms. The van der Waals surface area contributed by atoms with Crippen LogP contribution in [0.4, 0.5) is 36.3 Å². The second-order valence-electron chi connectivity index (χ2n) is 9.66. The van der Waals surface area contributed by atoms with Crippen LogP contribution in [0.1, 0.15) is 27.0 Å². The molecule has 4 rings (SSSR count). The van der Waals surface area contributed by atoms with Crippen molar-refractivity contribution in [1.29, 1.82) is 0 Å². The van der Waals surface area contributed by atoms with Gasteiger partial charge in [-0.1, -0.05) is 18.2 Å². The number of benzene rings is 2. The number of carbonyl (C=O) groups is 1. The summed E-state index contributed by atoms with van der Waals surface area (Å²) in [6.45, 7) is 0.855. The van der Waals surface area contributed by atoms with Gasteiger partial charge in [0, 0.05) is 34.0 Å². The van der Waals surface area contributed by atoms with Crippen LogP contribution in [0.2, 0.25) is 0 Å². The van der Waals surface area contributed by atoms with E-state index in [0.29, 0.717) is 29.6 Å². The number of hydrogen-bond acceptors (Lipinski definition) is 11. The molecular formula is C28H33F3N5O7P. The molecule has 2 heterocycles. The molecule has 2 N–H and O–H groups in total.